The van der Waals surface area contributed by atoms with Crippen LogP contribution in [-0.2, 0) is 10.0 Å². The highest BCUT2D eigenvalue weighted by molar-refractivity contribution is 7.89. The van der Waals surface area contributed by atoms with E-state index in [0.717, 1.165) is 26.1 Å². The van der Waals surface area contributed by atoms with Crippen LogP contribution in [0.3, 0.4) is 0 Å². The maximum Gasteiger partial charge on any atom is 0.211 e. The maximum absolute atomic E-state index is 11.5. The minimum absolute atomic E-state index is 0.159. The van der Waals surface area contributed by atoms with Gasteiger partial charge in [0.2, 0.25) is 10.0 Å². The number of hydrogen-bond donors (Lipinski definition) is 2. The van der Waals surface area contributed by atoms with Crippen molar-refractivity contribution in [1.82, 2.24) is 14.9 Å². The molecule has 2 aliphatic carbocycles. The van der Waals surface area contributed by atoms with Crippen LogP contribution in [0.4, 0.5) is 0 Å². The molecule has 0 radical (unpaired) electrons. The van der Waals surface area contributed by atoms with Crippen LogP contribution in [0.5, 0.6) is 0 Å². The van der Waals surface area contributed by atoms with Crippen molar-refractivity contribution in [3.8, 4) is 0 Å². The molecule has 0 amide bonds. The Morgan fingerprint density at radius 3 is 2.59 bits per heavy atom. The highest BCUT2D eigenvalue weighted by Gasteiger charge is 2.53. The molecule has 1 heterocycles. The lowest BCUT2D eigenvalue weighted by Crippen LogP contribution is -2.66. The van der Waals surface area contributed by atoms with Gasteiger partial charge in [0.15, 0.2) is 0 Å². The van der Waals surface area contributed by atoms with Gasteiger partial charge in [-0.15, -0.1) is 0 Å². The zero-order chi connectivity index (χ0) is 20.5. The summed E-state index contributed by atoms with van der Waals surface area (Å²) >= 11 is 0. The first-order valence-electron chi connectivity index (χ1n) is 11.1. The highest BCUT2D eigenvalue weighted by Crippen LogP contribution is 2.50. The van der Waals surface area contributed by atoms with Crippen molar-refractivity contribution in [3.05, 3.63) is 41.5 Å². The van der Waals surface area contributed by atoms with Crippen LogP contribution in [0, 0.1) is 11.3 Å². The average Bonchev–Trinajstić information content (AvgIpc) is 3.42. The summed E-state index contributed by atoms with van der Waals surface area (Å²) in [5.74, 6) is 0.869. The molecule has 3 fully saturated rings. The van der Waals surface area contributed by atoms with Gasteiger partial charge in [-0.3, -0.25) is 0 Å². The molecule has 3 aliphatic rings. The molecule has 0 bridgehead atoms. The summed E-state index contributed by atoms with van der Waals surface area (Å²) in [4.78, 5) is 2.38. The van der Waals surface area contributed by atoms with Gasteiger partial charge < -0.3 is 10.2 Å². The first kappa shape index (κ1) is 21.0. The van der Waals surface area contributed by atoms with Gasteiger partial charge in [-0.1, -0.05) is 48.9 Å². The number of benzene rings is 1. The first-order valence-corrected chi connectivity index (χ1v) is 12.8. The van der Waals surface area contributed by atoms with Crippen LogP contribution in [0.2, 0.25) is 0 Å². The lowest BCUT2D eigenvalue weighted by Gasteiger charge is -2.59. The Labute approximate surface area is 176 Å². The molecule has 2 atom stereocenters. The van der Waals surface area contributed by atoms with Crippen LogP contribution < -0.4 is 10.0 Å². The third kappa shape index (κ3) is 5.10. The number of nitrogens with zero attached hydrogens (tertiary/aromatic N) is 1. The van der Waals surface area contributed by atoms with Crippen LogP contribution >= 0.6 is 0 Å². The number of sulfonamides is 1. The van der Waals surface area contributed by atoms with E-state index < -0.39 is 10.0 Å². The van der Waals surface area contributed by atoms with Crippen LogP contribution in [0.15, 0.2) is 35.9 Å². The number of likely N-dealkylation sites (tertiary alicyclic amines) is 1. The van der Waals surface area contributed by atoms with E-state index in [2.05, 4.69) is 58.3 Å². The Hall–Kier alpha value is -1.21. The fraction of sp³-hybridized carbons (Fsp3) is 0.652. The topological polar surface area (TPSA) is 61.4 Å². The third-order valence-electron chi connectivity index (χ3n) is 6.88. The highest BCUT2D eigenvalue weighted by atomic mass is 32.2. The summed E-state index contributed by atoms with van der Waals surface area (Å²) in [7, 11) is -3.06. The molecule has 160 valence electrons. The van der Waals surface area contributed by atoms with Crippen molar-refractivity contribution >= 4 is 16.1 Å². The summed E-state index contributed by atoms with van der Waals surface area (Å²) in [6, 6.07) is 12.0. The smallest absolute Gasteiger partial charge is 0.211 e. The number of rotatable bonds is 10. The molecule has 6 heteroatoms. The zero-order valence-corrected chi connectivity index (χ0v) is 18.5. The predicted molar refractivity (Wildman–Crippen MR) is 119 cm³/mol. The lowest BCUT2D eigenvalue weighted by atomic mass is 9.60. The van der Waals surface area contributed by atoms with E-state index in [9.17, 15) is 8.42 Å². The van der Waals surface area contributed by atoms with E-state index in [1.807, 2.05) is 0 Å². The third-order valence-corrected chi connectivity index (χ3v) is 8.29. The summed E-state index contributed by atoms with van der Waals surface area (Å²) < 4.78 is 25.6. The molecule has 1 aliphatic heterocycles. The summed E-state index contributed by atoms with van der Waals surface area (Å²) in [6.07, 6.45) is 7.34. The summed E-state index contributed by atoms with van der Waals surface area (Å²) in [5.41, 5.74) is 3.39. The average molecular weight is 418 g/mol. The Morgan fingerprint density at radius 1 is 1.21 bits per heavy atom. The zero-order valence-electron chi connectivity index (χ0n) is 17.7. The normalized spacial score (nSPS) is 26.9. The van der Waals surface area contributed by atoms with E-state index in [4.69, 9.17) is 0 Å². The second-order valence-electron chi connectivity index (χ2n) is 9.21. The van der Waals surface area contributed by atoms with Gasteiger partial charge in [0, 0.05) is 38.3 Å². The van der Waals surface area contributed by atoms with Crippen molar-refractivity contribution in [3.63, 3.8) is 0 Å². The second-order valence-corrected chi connectivity index (χ2v) is 11.3. The quantitative estimate of drug-likeness (QED) is 0.615. The maximum atomic E-state index is 11.5. The molecule has 0 aromatic heterocycles. The molecule has 1 aromatic rings. The van der Waals surface area contributed by atoms with Crippen LogP contribution in [-0.4, -0.2) is 57.3 Å². The van der Waals surface area contributed by atoms with Gasteiger partial charge in [0.25, 0.3) is 0 Å². The number of nitrogens with one attached hydrogen (secondary N) is 2. The van der Waals surface area contributed by atoms with Crippen molar-refractivity contribution in [1.29, 1.82) is 0 Å². The Balaban J connectivity index is 1.15. The van der Waals surface area contributed by atoms with E-state index in [0.29, 0.717) is 30.0 Å². The van der Waals surface area contributed by atoms with E-state index in [-0.39, 0.29) is 5.75 Å². The van der Waals surface area contributed by atoms with Gasteiger partial charge in [-0.25, -0.2) is 13.1 Å². The molecule has 1 saturated heterocycles. The Bertz CT molecular complexity index is 823. The van der Waals surface area contributed by atoms with Gasteiger partial charge in [0.05, 0.1) is 5.75 Å². The second kappa shape index (κ2) is 8.50. The van der Waals surface area contributed by atoms with Crippen LogP contribution in [0.25, 0.3) is 6.08 Å². The monoisotopic (exact) mass is 417 g/mol. The molecule has 4 rings (SSSR count). The predicted octanol–water partition coefficient (Wildman–Crippen LogP) is 2.86. The van der Waals surface area contributed by atoms with Crippen molar-refractivity contribution in [2.24, 2.45) is 11.3 Å². The van der Waals surface area contributed by atoms with E-state index in [1.54, 1.807) is 12.5 Å². The standard InChI is InChI=1S/C23H35N3O2S/c1-3-19(12-18-8-6-5-7-9-18)21-13-22(21)25-20-14-23(15-20)16-26(17-23)11-10-24-29(27,28)4-2/h5-9,12,20-22,24-25H,3-4,10-11,13-17H2,1-2H3/b19-12+/t21-,22+/m0/s1. The molecule has 2 N–H and O–H groups in total. The van der Waals surface area contributed by atoms with E-state index in [1.165, 1.54) is 24.8 Å². The minimum atomic E-state index is -3.06. The number of hydrogen-bond acceptors (Lipinski definition) is 4. The molecule has 29 heavy (non-hydrogen) atoms. The molecular formula is C23H35N3O2S. The fourth-order valence-electron chi connectivity index (χ4n) is 5.21. The van der Waals surface area contributed by atoms with Crippen LogP contribution in [0.1, 0.15) is 45.1 Å². The molecule has 5 nitrogen and oxygen atoms in total. The summed E-state index contributed by atoms with van der Waals surface area (Å²) in [6.45, 7) is 7.56. The minimum Gasteiger partial charge on any atom is -0.311 e. The first-order chi connectivity index (χ1) is 13.9. The molecular weight excluding hydrogens is 382 g/mol. The lowest BCUT2D eigenvalue weighted by molar-refractivity contribution is -0.0775. The van der Waals surface area contributed by atoms with Crippen molar-refractivity contribution in [2.45, 2.75) is 51.6 Å². The van der Waals surface area contributed by atoms with Crippen molar-refractivity contribution in [2.75, 3.05) is 31.9 Å². The van der Waals surface area contributed by atoms with E-state index >= 15 is 0 Å². The van der Waals surface area contributed by atoms with Gasteiger partial charge in [0.1, 0.15) is 0 Å². The van der Waals surface area contributed by atoms with Gasteiger partial charge >= 0.3 is 0 Å². The molecule has 1 spiro atoms. The fourth-order valence-corrected chi connectivity index (χ4v) is 5.82. The molecule has 1 aromatic carbocycles. The van der Waals surface area contributed by atoms with Gasteiger partial charge in [-0.05, 0) is 49.5 Å². The van der Waals surface area contributed by atoms with Gasteiger partial charge in [-0.2, -0.15) is 0 Å². The largest absolute Gasteiger partial charge is 0.311 e. The Kier molecular flexibility index (Phi) is 6.17. The van der Waals surface area contributed by atoms with Crippen molar-refractivity contribution < 1.29 is 8.42 Å². The SMILES string of the molecule is CC/C(=C\c1ccccc1)[C@@H]1C[C@H]1NC1CC2(C1)CN(CCNS(=O)(=O)CC)C2. The molecule has 2 saturated carbocycles. The molecule has 0 unspecified atom stereocenters. The Morgan fingerprint density at radius 2 is 1.93 bits per heavy atom. The summed E-state index contributed by atoms with van der Waals surface area (Å²) in [5, 5.41) is 3.90.